The molecule has 1 rings (SSSR count). The summed E-state index contributed by atoms with van der Waals surface area (Å²) in [5.41, 5.74) is 0. The summed E-state index contributed by atoms with van der Waals surface area (Å²) < 4.78 is 0. The molecule has 1 N–H and O–H groups in total. The molecule has 1 aliphatic rings. The SMILES string of the molecule is CON(C)C(=O)CC1CC(O)C1. The number of hydrogen-bond donors (Lipinski definition) is 1. The molecule has 0 radical (unpaired) electrons. The van der Waals surface area contributed by atoms with Gasteiger partial charge in [0, 0.05) is 13.5 Å². The molecule has 70 valence electrons. The number of hydroxylamine groups is 2. The highest BCUT2D eigenvalue weighted by molar-refractivity contribution is 5.75. The molecule has 0 atom stereocenters. The third-order valence-electron chi connectivity index (χ3n) is 2.30. The fraction of sp³-hybridized carbons (Fsp3) is 0.875. The second-order valence-electron chi connectivity index (χ2n) is 3.27. The second kappa shape index (κ2) is 3.87. The van der Waals surface area contributed by atoms with Crippen LogP contribution in [0.5, 0.6) is 0 Å². The van der Waals surface area contributed by atoms with Gasteiger partial charge in [-0.1, -0.05) is 0 Å². The van der Waals surface area contributed by atoms with E-state index in [-0.39, 0.29) is 12.0 Å². The number of aliphatic hydroxyl groups excluding tert-OH is 1. The van der Waals surface area contributed by atoms with Crippen LogP contribution in [-0.4, -0.2) is 36.3 Å². The van der Waals surface area contributed by atoms with Crippen molar-refractivity contribution in [2.45, 2.75) is 25.4 Å². The van der Waals surface area contributed by atoms with E-state index in [0.29, 0.717) is 12.3 Å². The van der Waals surface area contributed by atoms with Crippen LogP contribution in [0.3, 0.4) is 0 Å². The molecule has 0 aromatic rings. The quantitative estimate of drug-likeness (QED) is 0.619. The highest BCUT2D eigenvalue weighted by Crippen LogP contribution is 2.30. The first-order valence-electron chi connectivity index (χ1n) is 4.12. The van der Waals surface area contributed by atoms with Crippen molar-refractivity contribution >= 4 is 5.91 Å². The Morgan fingerprint density at radius 3 is 2.67 bits per heavy atom. The number of aliphatic hydroxyl groups is 1. The number of amides is 1. The van der Waals surface area contributed by atoms with E-state index in [4.69, 9.17) is 9.94 Å². The van der Waals surface area contributed by atoms with Crippen LogP contribution in [0, 0.1) is 5.92 Å². The van der Waals surface area contributed by atoms with Crippen LogP contribution in [0.15, 0.2) is 0 Å². The van der Waals surface area contributed by atoms with E-state index in [1.54, 1.807) is 7.05 Å². The van der Waals surface area contributed by atoms with Gasteiger partial charge in [-0.3, -0.25) is 9.63 Å². The van der Waals surface area contributed by atoms with E-state index in [1.165, 1.54) is 12.2 Å². The molecule has 0 spiro atoms. The van der Waals surface area contributed by atoms with Crippen molar-refractivity contribution < 1.29 is 14.7 Å². The Morgan fingerprint density at radius 2 is 2.25 bits per heavy atom. The minimum atomic E-state index is -0.185. The predicted octanol–water partition coefficient (Wildman–Crippen LogP) is 0.167. The molecule has 0 unspecified atom stereocenters. The Hall–Kier alpha value is -0.610. The molecule has 1 fully saturated rings. The van der Waals surface area contributed by atoms with Crippen LogP contribution in [0.4, 0.5) is 0 Å². The van der Waals surface area contributed by atoms with Gasteiger partial charge < -0.3 is 5.11 Å². The van der Waals surface area contributed by atoms with E-state index >= 15 is 0 Å². The van der Waals surface area contributed by atoms with Crippen LogP contribution < -0.4 is 0 Å². The minimum Gasteiger partial charge on any atom is -0.393 e. The molecule has 0 bridgehead atoms. The van der Waals surface area contributed by atoms with Crippen molar-refractivity contribution in [3.05, 3.63) is 0 Å². The molecule has 0 heterocycles. The summed E-state index contributed by atoms with van der Waals surface area (Å²) in [5, 5.41) is 10.2. The summed E-state index contributed by atoms with van der Waals surface area (Å²) in [6.07, 6.45) is 1.81. The molecule has 0 aromatic heterocycles. The van der Waals surface area contributed by atoms with Gasteiger partial charge in [0.05, 0.1) is 13.2 Å². The molecule has 0 aromatic carbocycles. The average molecular weight is 173 g/mol. The van der Waals surface area contributed by atoms with E-state index in [2.05, 4.69) is 0 Å². The molecular weight excluding hydrogens is 158 g/mol. The standard InChI is InChI=1S/C8H15NO3/c1-9(12-2)8(11)5-6-3-7(10)4-6/h6-7,10H,3-5H2,1-2H3. The highest BCUT2D eigenvalue weighted by Gasteiger charge is 2.29. The molecule has 0 aliphatic heterocycles. The molecule has 12 heavy (non-hydrogen) atoms. The third-order valence-corrected chi connectivity index (χ3v) is 2.30. The van der Waals surface area contributed by atoms with Gasteiger partial charge >= 0.3 is 0 Å². The topological polar surface area (TPSA) is 49.8 Å². The van der Waals surface area contributed by atoms with E-state index in [9.17, 15) is 4.79 Å². The van der Waals surface area contributed by atoms with Gasteiger partial charge in [0.1, 0.15) is 0 Å². The Morgan fingerprint density at radius 1 is 1.67 bits per heavy atom. The zero-order chi connectivity index (χ0) is 9.14. The zero-order valence-electron chi connectivity index (χ0n) is 7.49. The van der Waals surface area contributed by atoms with Crippen molar-refractivity contribution in [1.82, 2.24) is 5.06 Å². The van der Waals surface area contributed by atoms with Crippen LogP contribution in [0.25, 0.3) is 0 Å². The number of carbonyl (C=O) groups is 1. The number of nitrogens with zero attached hydrogens (tertiary/aromatic N) is 1. The normalized spacial score (nSPS) is 27.9. The first-order valence-corrected chi connectivity index (χ1v) is 4.12. The molecule has 4 nitrogen and oxygen atoms in total. The summed E-state index contributed by atoms with van der Waals surface area (Å²) in [5.74, 6) is 0.333. The second-order valence-corrected chi connectivity index (χ2v) is 3.27. The third kappa shape index (κ3) is 2.19. The van der Waals surface area contributed by atoms with Crippen molar-refractivity contribution in [1.29, 1.82) is 0 Å². The number of carbonyl (C=O) groups excluding carboxylic acids is 1. The van der Waals surface area contributed by atoms with Crippen molar-refractivity contribution in [2.24, 2.45) is 5.92 Å². The van der Waals surface area contributed by atoms with Gasteiger partial charge in [-0.15, -0.1) is 0 Å². The Bertz CT molecular complexity index is 166. The first-order chi connectivity index (χ1) is 5.63. The van der Waals surface area contributed by atoms with Crippen molar-refractivity contribution in [2.75, 3.05) is 14.2 Å². The van der Waals surface area contributed by atoms with Gasteiger partial charge in [0.25, 0.3) is 0 Å². The first kappa shape index (κ1) is 9.48. The van der Waals surface area contributed by atoms with Gasteiger partial charge in [-0.05, 0) is 18.8 Å². The van der Waals surface area contributed by atoms with Gasteiger partial charge in [0.2, 0.25) is 5.91 Å². The van der Waals surface area contributed by atoms with Gasteiger partial charge in [-0.25, -0.2) is 5.06 Å². The lowest BCUT2D eigenvalue weighted by Crippen LogP contribution is -2.34. The van der Waals surface area contributed by atoms with Crippen LogP contribution in [0.2, 0.25) is 0 Å². The molecule has 4 heteroatoms. The summed E-state index contributed by atoms with van der Waals surface area (Å²) in [6, 6.07) is 0. The zero-order valence-corrected chi connectivity index (χ0v) is 7.49. The fourth-order valence-corrected chi connectivity index (χ4v) is 1.34. The van der Waals surface area contributed by atoms with Crippen LogP contribution in [0.1, 0.15) is 19.3 Å². The van der Waals surface area contributed by atoms with Crippen molar-refractivity contribution in [3.8, 4) is 0 Å². The smallest absolute Gasteiger partial charge is 0.246 e. The average Bonchev–Trinajstić information content (AvgIpc) is 2.00. The molecule has 1 aliphatic carbocycles. The molecule has 1 amide bonds. The Kier molecular flexibility index (Phi) is 3.05. The maximum Gasteiger partial charge on any atom is 0.246 e. The maximum absolute atomic E-state index is 11.2. The van der Waals surface area contributed by atoms with E-state index < -0.39 is 0 Å². The number of hydrogen-bond acceptors (Lipinski definition) is 3. The van der Waals surface area contributed by atoms with E-state index in [0.717, 1.165) is 12.8 Å². The van der Waals surface area contributed by atoms with Gasteiger partial charge in [-0.2, -0.15) is 0 Å². The van der Waals surface area contributed by atoms with Crippen LogP contribution >= 0.6 is 0 Å². The predicted molar refractivity (Wildman–Crippen MR) is 43.1 cm³/mol. The summed E-state index contributed by atoms with van der Waals surface area (Å²) in [7, 11) is 3.06. The molecule has 0 saturated heterocycles. The summed E-state index contributed by atoms with van der Waals surface area (Å²) in [4.78, 5) is 15.9. The van der Waals surface area contributed by atoms with Crippen LogP contribution in [-0.2, 0) is 9.63 Å². The summed E-state index contributed by atoms with van der Waals surface area (Å²) >= 11 is 0. The molecular formula is C8H15NO3. The Balaban J connectivity index is 2.18. The minimum absolute atomic E-state index is 0.0191. The lowest BCUT2D eigenvalue weighted by Gasteiger charge is -2.31. The fourth-order valence-electron chi connectivity index (χ4n) is 1.34. The maximum atomic E-state index is 11.2. The van der Waals surface area contributed by atoms with E-state index in [1.807, 2.05) is 0 Å². The van der Waals surface area contributed by atoms with Gasteiger partial charge in [0.15, 0.2) is 0 Å². The summed E-state index contributed by atoms with van der Waals surface area (Å²) in [6.45, 7) is 0. The number of rotatable bonds is 3. The highest BCUT2D eigenvalue weighted by atomic mass is 16.7. The monoisotopic (exact) mass is 173 g/mol. The largest absolute Gasteiger partial charge is 0.393 e. The lowest BCUT2D eigenvalue weighted by molar-refractivity contribution is -0.171. The van der Waals surface area contributed by atoms with Crippen molar-refractivity contribution in [3.63, 3.8) is 0 Å². The molecule has 1 saturated carbocycles. The lowest BCUT2D eigenvalue weighted by atomic mass is 9.80. The Labute approximate surface area is 72.1 Å².